The number of benzene rings is 2. The fraction of sp³-hybridized carbons (Fsp3) is 0.500. The van der Waals surface area contributed by atoms with E-state index in [4.69, 9.17) is 20.3 Å². The van der Waals surface area contributed by atoms with Gasteiger partial charge in [0.15, 0.2) is 0 Å². The molecule has 0 aliphatic rings. The molecule has 4 heteroatoms. The quantitative estimate of drug-likeness (QED) is 0.357. The Balaban J connectivity index is 1.96. The maximum Gasteiger partial charge on any atom is 0.401 e. The molecular formula is C24H34ClO2P. The first-order valence-electron chi connectivity index (χ1n) is 10.2. The molecule has 0 aliphatic heterocycles. The summed E-state index contributed by atoms with van der Waals surface area (Å²) in [7, 11) is -1.55. The molecular weight excluding hydrogens is 387 g/mol. The summed E-state index contributed by atoms with van der Waals surface area (Å²) < 4.78 is 11.6. The van der Waals surface area contributed by atoms with E-state index in [1.807, 2.05) is 24.3 Å². The van der Waals surface area contributed by atoms with Crippen LogP contribution in [0.1, 0.15) is 78.4 Å². The second-order valence-electron chi connectivity index (χ2n) is 8.71. The Morgan fingerprint density at radius 3 is 1.29 bits per heavy atom. The predicted octanol–water partition coefficient (Wildman–Crippen LogP) is 8.77. The molecule has 0 aromatic heterocycles. The van der Waals surface area contributed by atoms with Crippen molar-refractivity contribution in [1.29, 1.82) is 0 Å². The lowest BCUT2D eigenvalue weighted by Gasteiger charge is -2.25. The van der Waals surface area contributed by atoms with Crippen molar-refractivity contribution in [1.82, 2.24) is 0 Å². The third-order valence-electron chi connectivity index (χ3n) is 5.38. The molecule has 0 unspecified atom stereocenters. The van der Waals surface area contributed by atoms with Gasteiger partial charge in [0, 0.05) is 0 Å². The van der Waals surface area contributed by atoms with Gasteiger partial charge in [-0.3, -0.25) is 0 Å². The fourth-order valence-corrected chi connectivity index (χ4v) is 4.75. The van der Waals surface area contributed by atoms with Crippen molar-refractivity contribution in [2.24, 2.45) is 0 Å². The van der Waals surface area contributed by atoms with Crippen LogP contribution in [0.4, 0.5) is 0 Å². The molecule has 0 radical (unpaired) electrons. The number of halogens is 1. The molecule has 2 aromatic carbocycles. The first-order valence-corrected chi connectivity index (χ1v) is 12.3. The van der Waals surface area contributed by atoms with Crippen LogP contribution in [0.3, 0.4) is 0 Å². The minimum absolute atomic E-state index is 0.169. The normalized spacial score (nSPS) is 12.3. The molecule has 2 nitrogen and oxygen atoms in total. The molecule has 0 fully saturated rings. The molecule has 2 rings (SSSR count). The Morgan fingerprint density at radius 1 is 0.679 bits per heavy atom. The topological polar surface area (TPSA) is 18.5 Å². The Hall–Kier alpha value is -1.24. The number of hydrogen-bond donors (Lipinski definition) is 0. The van der Waals surface area contributed by atoms with Crippen LogP contribution >= 0.6 is 19.0 Å². The fourth-order valence-electron chi connectivity index (χ4n) is 3.66. The molecule has 0 saturated heterocycles. The van der Waals surface area contributed by atoms with Crippen LogP contribution in [0, 0.1) is 0 Å². The Morgan fingerprint density at radius 2 is 1.00 bits per heavy atom. The van der Waals surface area contributed by atoms with E-state index < -0.39 is 7.73 Å². The molecule has 0 atom stereocenters. The molecule has 0 heterocycles. The van der Waals surface area contributed by atoms with Crippen molar-refractivity contribution >= 4 is 19.0 Å². The van der Waals surface area contributed by atoms with Crippen molar-refractivity contribution in [3.05, 3.63) is 59.7 Å². The third-order valence-corrected chi connectivity index (χ3v) is 6.50. The molecule has 0 amide bonds. The highest BCUT2D eigenvalue weighted by Gasteiger charge is 2.21. The van der Waals surface area contributed by atoms with E-state index in [1.54, 1.807) is 0 Å². The van der Waals surface area contributed by atoms with Crippen molar-refractivity contribution in [2.75, 3.05) is 0 Å². The molecule has 154 valence electrons. The van der Waals surface area contributed by atoms with E-state index in [0.717, 1.165) is 24.3 Å². The molecule has 0 N–H and O–H groups in total. The molecule has 2 aromatic rings. The smallest absolute Gasteiger partial charge is 0.401 e. The highest BCUT2D eigenvalue weighted by molar-refractivity contribution is 7.76. The average molecular weight is 421 g/mol. The van der Waals surface area contributed by atoms with Gasteiger partial charge in [-0.1, -0.05) is 78.6 Å². The number of rotatable bonds is 10. The summed E-state index contributed by atoms with van der Waals surface area (Å²) in [4.78, 5) is 0. The van der Waals surface area contributed by atoms with E-state index in [1.165, 1.54) is 24.0 Å². The lowest BCUT2D eigenvalue weighted by Crippen LogP contribution is -2.16. The van der Waals surface area contributed by atoms with Gasteiger partial charge in [-0.2, -0.15) is 0 Å². The van der Waals surface area contributed by atoms with Crippen molar-refractivity contribution < 1.29 is 9.05 Å². The minimum Gasteiger partial charge on any atom is -0.427 e. The van der Waals surface area contributed by atoms with E-state index in [2.05, 4.69) is 65.8 Å². The van der Waals surface area contributed by atoms with Crippen molar-refractivity contribution in [3.63, 3.8) is 0 Å². The summed E-state index contributed by atoms with van der Waals surface area (Å²) in [6.45, 7) is 13.5. The van der Waals surface area contributed by atoms with Gasteiger partial charge in [0.2, 0.25) is 0 Å². The monoisotopic (exact) mass is 420 g/mol. The molecule has 0 aliphatic carbocycles. The summed E-state index contributed by atoms with van der Waals surface area (Å²) in [6.07, 6.45) is 4.65. The van der Waals surface area contributed by atoms with Crippen LogP contribution in [-0.4, -0.2) is 0 Å². The SMILES string of the molecule is CCCC(C)(C)c1ccc(OP(Cl)Oc2ccc(C(C)(C)CCC)cc2)cc1. The number of hydrogen-bond acceptors (Lipinski definition) is 2. The lowest BCUT2D eigenvalue weighted by molar-refractivity contribution is 0.470. The van der Waals surface area contributed by atoms with Gasteiger partial charge >= 0.3 is 7.73 Å². The predicted molar refractivity (Wildman–Crippen MR) is 123 cm³/mol. The molecule has 0 spiro atoms. The average Bonchev–Trinajstić information content (AvgIpc) is 2.62. The largest absolute Gasteiger partial charge is 0.427 e. The van der Waals surface area contributed by atoms with E-state index >= 15 is 0 Å². The van der Waals surface area contributed by atoms with Gasteiger partial charge in [-0.15, -0.1) is 0 Å². The van der Waals surface area contributed by atoms with Gasteiger partial charge in [-0.05, 0) is 70.3 Å². The zero-order chi connectivity index (χ0) is 20.8. The Labute approximate surface area is 177 Å². The van der Waals surface area contributed by atoms with Crippen LogP contribution in [0.2, 0.25) is 0 Å². The minimum atomic E-state index is -1.55. The Kier molecular flexibility index (Phi) is 8.22. The maximum atomic E-state index is 6.33. The highest BCUT2D eigenvalue weighted by atomic mass is 35.7. The van der Waals surface area contributed by atoms with E-state index in [9.17, 15) is 0 Å². The van der Waals surface area contributed by atoms with Crippen molar-refractivity contribution in [2.45, 2.75) is 78.1 Å². The van der Waals surface area contributed by atoms with Crippen LogP contribution in [0.15, 0.2) is 48.5 Å². The summed E-state index contributed by atoms with van der Waals surface area (Å²) in [5, 5.41) is 0. The van der Waals surface area contributed by atoms with Crippen LogP contribution < -0.4 is 9.05 Å². The molecule has 0 saturated carbocycles. The van der Waals surface area contributed by atoms with Crippen molar-refractivity contribution in [3.8, 4) is 11.5 Å². The van der Waals surface area contributed by atoms with Gasteiger partial charge in [0.05, 0.1) is 0 Å². The van der Waals surface area contributed by atoms with E-state index in [-0.39, 0.29) is 10.8 Å². The molecule has 0 bridgehead atoms. The van der Waals surface area contributed by atoms with Gasteiger partial charge in [-0.25, -0.2) is 0 Å². The van der Waals surface area contributed by atoms with Crippen LogP contribution in [-0.2, 0) is 10.8 Å². The summed E-state index contributed by atoms with van der Waals surface area (Å²) >= 11 is 6.33. The first kappa shape index (κ1) is 23.0. The van der Waals surface area contributed by atoms with Gasteiger partial charge < -0.3 is 9.05 Å². The van der Waals surface area contributed by atoms with Crippen LogP contribution in [0.5, 0.6) is 11.5 Å². The zero-order valence-electron chi connectivity index (χ0n) is 18.1. The zero-order valence-corrected chi connectivity index (χ0v) is 19.7. The standard InChI is InChI=1S/C24H34ClO2P/c1-7-17-23(3,4)19-9-13-21(14-10-19)26-28(25)27-22-15-11-20(12-16-22)24(5,6)18-8-2/h9-16H,7-8,17-18H2,1-6H3. The van der Waals surface area contributed by atoms with Crippen LogP contribution in [0.25, 0.3) is 0 Å². The molecule has 28 heavy (non-hydrogen) atoms. The highest BCUT2D eigenvalue weighted by Crippen LogP contribution is 2.45. The maximum absolute atomic E-state index is 6.33. The summed E-state index contributed by atoms with van der Waals surface area (Å²) in [5.41, 5.74) is 2.96. The Bertz CT molecular complexity index is 660. The summed E-state index contributed by atoms with van der Waals surface area (Å²) in [5.74, 6) is 1.47. The third kappa shape index (κ3) is 6.39. The summed E-state index contributed by atoms with van der Waals surface area (Å²) in [6, 6.07) is 16.4. The lowest BCUT2D eigenvalue weighted by atomic mass is 9.81. The second kappa shape index (κ2) is 9.99. The van der Waals surface area contributed by atoms with Gasteiger partial charge in [0.1, 0.15) is 11.5 Å². The first-order chi connectivity index (χ1) is 13.2. The van der Waals surface area contributed by atoms with E-state index in [0.29, 0.717) is 0 Å². The van der Waals surface area contributed by atoms with Gasteiger partial charge in [0.25, 0.3) is 0 Å². The second-order valence-corrected chi connectivity index (χ2v) is 10.3.